The van der Waals surface area contributed by atoms with Crippen LogP contribution < -0.4 is 10.1 Å². The molecule has 6 nitrogen and oxygen atoms in total. The summed E-state index contributed by atoms with van der Waals surface area (Å²) in [5, 5.41) is 3.48. The summed E-state index contributed by atoms with van der Waals surface area (Å²) in [6.07, 6.45) is 3.43. The Labute approximate surface area is 161 Å². The summed E-state index contributed by atoms with van der Waals surface area (Å²) in [5.41, 5.74) is 2.35. The molecule has 6 heteroatoms. The van der Waals surface area contributed by atoms with Crippen molar-refractivity contribution in [1.29, 1.82) is 0 Å². The lowest BCUT2D eigenvalue weighted by atomic mass is 10.1. The van der Waals surface area contributed by atoms with E-state index in [0.29, 0.717) is 38.2 Å². The molecule has 2 atom stereocenters. The van der Waals surface area contributed by atoms with Crippen LogP contribution in [-0.2, 0) is 9.59 Å². The first-order chi connectivity index (χ1) is 12.9. The molecule has 2 aliphatic rings. The van der Waals surface area contributed by atoms with Gasteiger partial charge in [0, 0.05) is 38.6 Å². The second-order valence-corrected chi connectivity index (χ2v) is 7.90. The molecular formula is C21H31N3O3. The minimum absolute atomic E-state index is 0.00681. The van der Waals surface area contributed by atoms with Crippen LogP contribution in [0.1, 0.15) is 36.8 Å². The van der Waals surface area contributed by atoms with Crippen LogP contribution in [0.5, 0.6) is 5.75 Å². The first-order valence-corrected chi connectivity index (χ1v) is 9.90. The van der Waals surface area contributed by atoms with Gasteiger partial charge in [-0.2, -0.15) is 0 Å². The lowest BCUT2D eigenvalue weighted by molar-refractivity contribution is -0.140. The number of hydrogen-bond donors (Lipinski definition) is 1. The van der Waals surface area contributed by atoms with Crippen LogP contribution in [0.25, 0.3) is 0 Å². The van der Waals surface area contributed by atoms with Gasteiger partial charge in [0.1, 0.15) is 5.75 Å². The van der Waals surface area contributed by atoms with Crippen molar-refractivity contribution in [2.24, 2.45) is 0 Å². The number of nitrogens with zero attached hydrogens (tertiary/aromatic N) is 2. The van der Waals surface area contributed by atoms with E-state index in [1.807, 2.05) is 19.1 Å². The number of ether oxygens (including phenoxy) is 1. The van der Waals surface area contributed by atoms with Crippen molar-refractivity contribution in [1.82, 2.24) is 15.1 Å². The van der Waals surface area contributed by atoms with Crippen LogP contribution in [0, 0.1) is 13.8 Å². The summed E-state index contributed by atoms with van der Waals surface area (Å²) in [4.78, 5) is 28.3. The monoisotopic (exact) mass is 373 g/mol. The quantitative estimate of drug-likeness (QED) is 0.742. The number of fused-ring (bicyclic) bond motifs is 2. The van der Waals surface area contributed by atoms with Crippen molar-refractivity contribution < 1.29 is 14.3 Å². The van der Waals surface area contributed by atoms with Crippen molar-refractivity contribution in [2.45, 2.75) is 51.6 Å². The summed E-state index contributed by atoms with van der Waals surface area (Å²) in [5.74, 6) is 0.981. The third-order valence-electron chi connectivity index (χ3n) is 5.53. The Hall–Kier alpha value is -2.08. The van der Waals surface area contributed by atoms with E-state index in [1.54, 1.807) is 16.8 Å². The Bertz CT molecular complexity index is 691. The Kier molecular flexibility index (Phi) is 6.37. The number of carbonyl (C=O) groups excluding carboxylic acids is 2. The van der Waals surface area contributed by atoms with Gasteiger partial charge in [0.2, 0.25) is 11.8 Å². The zero-order valence-corrected chi connectivity index (χ0v) is 16.7. The standard InChI is InChI=1S/C21H31N3O3/c1-15-5-8-19(16(2)11-15)27-10-4-9-23(3)21(26)14-24-13-18-7-6-17(22-18)12-20(24)25/h5,8,11,17-18,22H,4,6-7,9-10,12-14H2,1-3H3. The van der Waals surface area contributed by atoms with E-state index < -0.39 is 0 Å². The third kappa shape index (κ3) is 5.22. The van der Waals surface area contributed by atoms with Gasteiger partial charge in [0.15, 0.2) is 0 Å². The van der Waals surface area contributed by atoms with E-state index in [1.165, 1.54) is 5.56 Å². The third-order valence-corrected chi connectivity index (χ3v) is 5.53. The molecule has 3 rings (SSSR count). The number of carbonyl (C=O) groups is 2. The number of likely N-dealkylation sites (tertiary alicyclic amines) is 1. The molecule has 2 fully saturated rings. The summed E-state index contributed by atoms with van der Waals surface area (Å²) in [7, 11) is 1.80. The predicted molar refractivity (Wildman–Crippen MR) is 105 cm³/mol. The van der Waals surface area contributed by atoms with Crippen molar-refractivity contribution in [2.75, 3.05) is 33.3 Å². The molecule has 0 aliphatic carbocycles. The van der Waals surface area contributed by atoms with Crippen LogP contribution in [0.3, 0.4) is 0 Å². The van der Waals surface area contributed by atoms with Crippen molar-refractivity contribution in [3.63, 3.8) is 0 Å². The second kappa shape index (κ2) is 8.74. The largest absolute Gasteiger partial charge is 0.493 e. The molecule has 148 valence electrons. The van der Waals surface area contributed by atoms with Gasteiger partial charge in [-0.25, -0.2) is 0 Å². The molecule has 1 N–H and O–H groups in total. The fourth-order valence-corrected chi connectivity index (χ4v) is 3.92. The molecule has 27 heavy (non-hydrogen) atoms. The van der Waals surface area contributed by atoms with Gasteiger partial charge in [-0.3, -0.25) is 9.59 Å². The number of nitrogens with one attached hydrogen (secondary N) is 1. The van der Waals surface area contributed by atoms with E-state index in [-0.39, 0.29) is 18.4 Å². The first kappa shape index (κ1) is 19.7. The number of rotatable bonds is 7. The molecule has 1 aromatic carbocycles. The molecule has 1 aromatic rings. The minimum Gasteiger partial charge on any atom is -0.493 e. The Morgan fingerprint density at radius 2 is 2.07 bits per heavy atom. The second-order valence-electron chi connectivity index (χ2n) is 7.90. The lowest BCUT2D eigenvalue weighted by Crippen LogP contribution is -2.44. The Balaban J connectivity index is 1.40. The van der Waals surface area contributed by atoms with Gasteiger partial charge < -0.3 is 19.9 Å². The normalized spacial score (nSPS) is 21.9. The van der Waals surface area contributed by atoms with Gasteiger partial charge in [0.05, 0.1) is 13.2 Å². The molecular weight excluding hydrogens is 342 g/mol. The molecule has 2 bridgehead atoms. The Morgan fingerprint density at radius 3 is 2.85 bits per heavy atom. The highest BCUT2D eigenvalue weighted by atomic mass is 16.5. The number of benzene rings is 1. The van der Waals surface area contributed by atoms with Gasteiger partial charge in [-0.05, 0) is 44.7 Å². The van der Waals surface area contributed by atoms with Crippen LogP contribution in [0.15, 0.2) is 18.2 Å². The topological polar surface area (TPSA) is 61.9 Å². The average molecular weight is 373 g/mol. The molecule has 2 aliphatic heterocycles. The van der Waals surface area contributed by atoms with Gasteiger partial charge in [0.25, 0.3) is 0 Å². The van der Waals surface area contributed by atoms with E-state index in [4.69, 9.17) is 4.74 Å². The van der Waals surface area contributed by atoms with Gasteiger partial charge >= 0.3 is 0 Å². The zero-order chi connectivity index (χ0) is 19.4. The summed E-state index contributed by atoms with van der Waals surface area (Å²) in [6, 6.07) is 6.77. The molecule has 0 aromatic heterocycles. The number of amides is 2. The molecule has 2 heterocycles. The van der Waals surface area contributed by atoms with Crippen LogP contribution in [0.4, 0.5) is 0 Å². The molecule has 2 saturated heterocycles. The van der Waals surface area contributed by atoms with Crippen LogP contribution >= 0.6 is 0 Å². The predicted octanol–water partition coefficient (Wildman–Crippen LogP) is 1.88. The van der Waals surface area contributed by atoms with E-state index >= 15 is 0 Å². The van der Waals surface area contributed by atoms with Crippen molar-refractivity contribution in [3.05, 3.63) is 29.3 Å². The number of likely N-dealkylation sites (N-methyl/N-ethyl adjacent to an activating group) is 1. The van der Waals surface area contributed by atoms with E-state index in [2.05, 4.69) is 18.3 Å². The first-order valence-electron chi connectivity index (χ1n) is 9.90. The summed E-state index contributed by atoms with van der Waals surface area (Å²) >= 11 is 0. The molecule has 2 amide bonds. The molecule has 0 radical (unpaired) electrons. The highest BCUT2D eigenvalue weighted by molar-refractivity contribution is 5.85. The van der Waals surface area contributed by atoms with Crippen LogP contribution in [-0.4, -0.2) is 67.0 Å². The van der Waals surface area contributed by atoms with Gasteiger partial charge in [-0.1, -0.05) is 17.7 Å². The van der Waals surface area contributed by atoms with E-state index in [9.17, 15) is 9.59 Å². The molecule has 2 unspecified atom stereocenters. The SMILES string of the molecule is Cc1ccc(OCCCN(C)C(=O)CN2CC3CCC(CC2=O)N3)c(C)c1. The smallest absolute Gasteiger partial charge is 0.241 e. The van der Waals surface area contributed by atoms with E-state index in [0.717, 1.165) is 30.6 Å². The van der Waals surface area contributed by atoms with Gasteiger partial charge in [-0.15, -0.1) is 0 Å². The average Bonchev–Trinajstić information content (AvgIpc) is 2.99. The maximum absolute atomic E-state index is 12.5. The highest BCUT2D eigenvalue weighted by Crippen LogP contribution is 2.21. The maximum Gasteiger partial charge on any atom is 0.241 e. The molecule has 0 saturated carbocycles. The maximum atomic E-state index is 12.5. The summed E-state index contributed by atoms with van der Waals surface area (Å²) < 4.78 is 5.83. The van der Waals surface area contributed by atoms with Crippen molar-refractivity contribution in [3.8, 4) is 5.75 Å². The number of aryl methyl sites for hydroxylation is 2. The minimum atomic E-state index is -0.00681. The highest BCUT2D eigenvalue weighted by Gasteiger charge is 2.34. The number of hydrogen-bond acceptors (Lipinski definition) is 4. The fraction of sp³-hybridized carbons (Fsp3) is 0.619. The zero-order valence-electron chi connectivity index (χ0n) is 16.7. The van der Waals surface area contributed by atoms with Crippen molar-refractivity contribution >= 4 is 11.8 Å². The fourth-order valence-electron chi connectivity index (χ4n) is 3.92. The summed E-state index contributed by atoms with van der Waals surface area (Å²) in [6.45, 7) is 6.11. The molecule has 0 spiro atoms. The lowest BCUT2D eigenvalue weighted by Gasteiger charge is -2.26. The van der Waals surface area contributed by atoms with Crippen LogP contribution in [0.2, 0.25) is 0 Å². The Morgan fingerprint density at radius 1 is 1.30 bits per heavy atom.